The van der Waals surface area contributed by atoms with Crippen molar-refractivity contribution >= 4 is 47.4 Å². The SMILES string of the molecule is CCc1nsc(N2CCCN(C(=O)C[C@@H]3CCC[C@H]3N)CC2)n1.Cl.Cl. The molecule has 1 aliphatic carbocycles. The molecule has 6 nitrogen and oxygen atoms in total. The van der Waals surface area contributed by atoms with E-state index in [-0.39, 0.29) is 36.8 Å². The van der Waals surface area contributed by atoms with Crippen molar-refractivity contribution in [3.05, 3.63) is 5.82 Å². The Hall–Kier alpha value is -0.630. The summed E-state index contributed by atoms with van der Waals surface area (Å²) >= 11 is 1.47. The van der Waals surface area contributed by atoms with E-state index in [0.29, 0.717) is 12.3 Å². The number of anilines is 1. The summed E-state index contributed by atoms with van der Waals surface area (Å²) in [4.78, 5) is 21.4. The number of carbonyl (C=O) groups excluding carboxylic acids is 1. The molecular formula is C16H29Cl2N5OS. The third kappa shape index (κ3) is 5.67. The number of hydrogen-bond donors (Lipinski definition) is 1. The van der Waals surface area contributed by atoms with Crippen LogP contribution in [0, 0.1) is 5.92 Å². The van der Waals surface area contributed by atoms with Crippen molar-refractivity contribution in [3.8, 4) is 0 Å². The smallest absolute Gasteiger partial charge is 0.222 e. The van der Waals surface area contributed by atoms with Gasteiger partial charge in [-0.2, -0.15) is 4.37 Å². The van der Waals surface area contributed by atoms with Crippen LogP contribution < -0.4 is 10.6 Å². The third-order valence-electron chi connectivity index (χ3n) is 5.05. The molecule has 2 fully saturated rings. The molecule has 1 saturated heterocycles. The number of aromatic nitrogens is 2. The summed E-state index contributed by atoms with van der Waals surface area (Å²) < 4.78 is 4.37. The molecule has 2 heterocycles. The van der Waals surface area contributed by atoms with Gasteiger partial charge in [-0.3, -0.25) is 4.79 Å². The van der Waals surface area contributed by atoms with Gasteiger partial charge < -0.3 is 15.5 Å². The fourth-order valence-electron chi connectivity index (χ4n) is 3.55. The van der Waals surface area contributed by atoms with Crippen LogP contribution in [0.25, 0.3) is 0 Å². The van der Waals surface area contributed by atoms with Crippen molar-refractivity contribution in [2.75, 3.05) is 31.1 Å². The number of nitrogens with zero attached hydrogens (tertiary/aromatic N) is 4. The van der Waals surface area contributed by atoms with Gasteiger partial charge >= 0.3 is 0 Å². The lowest BCUT2D eigenvalue weighted by Crippen LogP contribution is -2.37. The van der Waals surface area contributed by atoms with Gasteiger partial charge in [-0.15, -0.1) is 24.8 Å². The van der Waals surface area contributed by atoms with Gasteiger partial charge in [0.25, 0.3) is 0 Å². The van der Waals surface area contributed by atoms with Gasteiger partial charge in [0.05, 0.1) is 0 Å². The summed E-state index contributed by atoms with van der Waals surface area (Å²) in [5.41, 5.74) is 6.11. The molecule has 0 bridgehead atoms. The number of nitrogens with two attached hydrogens (primary N) is 1. The second kappa shape index (κ2) is 10.5. The molecular weight excluding hydrogens is 381 g/mol. The second-order valence-electron chi connectivity index (χ2n) is 6.63. The number of amides is 1. The molecule has 0 spiro atoms. The summed E-state index contributed by atoms with van der Waals surface area (Å²) in [7, 11) is 0. The lowest BCUT2D eigenvalue weighted by atomic mass is 9.99. The standard InChI is InChI=1S/C16H27N5OS.2ClH/c1-2-14-18-16(23-19-14)21-8-4-7-20(9-10-21)15(22)11-12-5-3-6-13(12)17;;/h12-13H,2-11,17H2,1H3;2*1H/t12-,13+;;/m0../s1. The minimum Gasteiger partial charge on any atom is -0.345 e. The minimum atomic E-state index is 0. The molecule has 1 aliphatic heterocycles. The Morgan fingerprint density at radius 1 is 1.20 bits per heavy atom. The molecule has 1 amide bonds. The first kappa shape index (κ1) is 22.4. The average molecular weight is 410 g/mol. The highest BCUT2D eigenvalue weighted by atomic mass is 35.5. The van der Waals surface area contributed by atoms with Crippen LogP contribution in [0.2, 0.25) is 0 Å². The van der Waals surface area contributed by atoms with E-state index in [1.165, 1.54) is 18.0 Å². The number of halogens is 2. The van der Waals surface area contributed by atoms with Crippen LogP contribution in [0.4, 0.5) is 5.13 Å². The van der Waals surface area contributed by atoms with E-state index in [0.717, 1.165) is 62.8 Å². The van der Waals surface area contributed by atoms with E-state index in [1.54, 1.807) is 0 Å². The molecule has 9 heteroatoms. The molecule has 2 aliphatic rings. The maximum Gasteiger partial charge on any atom is 0.222 e. The van der Waals surface area contributed by atoms with Crippen LogP contribution in [-0.2, 0) is 11.2 Å². The van der Waals surface area contributed by atoms with Gasteiger partial charge in [-0.1, -0.05) is 13.3 Å². The number of hydrogen-bond acceptors (Lipinski definition) is 6. The Morgan fingerprint density at radius 3 is 2.64 bits per heavy atom. The first-order valence-electron chi connectivity index (χ1n) is 8.78. The largest absolute Gasteiger partial charge is 0.345 e. The molecule has 0 unspecified atom stereocenters. The molecule has 2 atom stereocenters. The van der Waals surface area contributed by atoms with Crippen molar-refractivity contribution < 1.29 is 4.79 Å². The first-order chi connectivity index (χ1) is 11.2. The maximum absolute atomic E-state index is 12.6. The summed E-state index contributed by atoms with van der Waals surface area (Å²) in [6, 6.07) is 0.219. The van der Waals surface area contributed by atoms with Crippen molar-refractivity contribution in [3.63, 3.8) is 0 Å². The minimum absolute atomic E-state index is 0. The zero-order chi connectivity index (χ0) is 16.2. The zero-order valence-electron chi connectivity index (χ0n) is 14.7. The van der Waals surface area contributed by atoms with Crippen LogP contribution in [0.5, 0.6) is 0 Å². The van der Waals surface area contributed by atoms with Crippen LogP contribution in [0.15, 0.2) is 0 Å². The molecule has 0 radical (unpaired) electrons. The summed E-state index contributed by atoms with van der Waals surface area (Å²) in [6.07, 6.45) is 5.84. The molecule has 1 aromatic rings. The molecule has 0 aromatic carbocycles. The highest BCUT2D eigenvalue weighted by Gasteiger charge is 2.29. The first-order valence-corrected chi connectivity index (χ1v) is 9.55. The van der Waals surface area contributed by atoms with Gasteiger partial charge in [0.2, 0.25) is 11.0 Å². The quantitative estimate of drug-likeness (QED) is 0.826. The molecule has 25 heavy (non-hydrogen) atoms. The van der Waals surface area contributed by atoms with Crippen molar-refractivity contribution in [2.45, 2.75) is 51.5 Å². The van der Waals surface area contributed by atoms with E-state index in [2.05, 4.69) is 21.2 Å². The van der Waals surface area contributed by atoms with Gasteiger partial charge in [0.15, 0.2) is 0 Å². The van der Waals surface area contributed by atoms with E-state index in [4.69, 9.17) is 5.73 Å². The van der Waals surface area contributed by atoms with Crippen LogP contribution in [-0.4, -0.2) is 52.4 Å². The molecule has 2 N–H and O–H groups in total. The van der Waals surface area contributed by atoms with Crippen LogP contribution in [0.3, 0.4) is 0 Å². The number of carbonyl (C=O) groups is 1. The van der Waals surface area contributed by atoms with E-state index < -0.39 is 0 Å². The lowest BCUT2D eigenvalue weighted by molar-refractivity contribution is -0.132. The van der Waals surface area contributed by atoms with E-state index in [1.807, 2.05) is 4.90 Å². The maximum atomic E-state index is 12.6. The fraction of sp³-hybridized carbons (Fsp3) is 0.812. The molecule has 3 rings (SSSR count). The Kier molecular flexibility index (Phi) is 9.41. The number of rotatable bonds is 4. The Morgan fingerprint density at radius 2 is 2.00 bits per heavy atom. The van der Waals surface area contributed by atoms with Crippen molar-refractivity contribution in [2.24, 2.45) is 11.7 Å². The molecule has 144 valence electrons. The van der Waals surface area contributed by atoms with E-state index >= 15 is 0 Å². The van der Waals surface area contributed by atoms with Crippen molar-refractivity contribution in [1.29, 1.82) is 0 Å². The topological polar surface area (TPSA) is 75.4 Å². The molecule has 1 saturated carbocycles. The van der Waals surface area contributed by atoms with Crippen molar-refractivity contribution in [1.82, 2.24) is 14.3 Å². The van der Waals surface area contributed by atoms with Gasteiger partial charge in [0.1, 0.15) is 5.82 Å². The summed E-state index contributed by atoms with van der Waals surface area (Å²) in [5, 5.41) is 0.994. The Bertz CT molecular complexity index is 544. The van der Waals surface area contributed by atoms with Gasteiger partial charge in [-0.05, 0) is 25.2 Å². The monoisotopic (exact) mass is 409 g/mol. The summed E-state index contributed by atoms with van der Waals surface area (Å²) in [6.45, 7) is 5.49. The average Bonchev–Trinajstić information content (AvgIpc) is 3.10. The van der Waals surface area contributed by atoms with Crippen LogP contribution >= 0.6 is 36.3 Å². The Labute approximate surface area is 166 Å². The highest BCUT2D eigenvalue weighted by Crippen LogP contribution is 2.27. The van der Waals surface area contributed by atoms with E-state index in [9.17, 15) is 4.79 Å². The van der Waals surface area contributed by atoms with Crippen LogP contribution in [0.1, 0.15) is 44.9 Å². The Balaban J connectivity index is 0.00000156. The summed E-state index contributed by atoms with van der Waals surface area (Å²) in [5.74, 6) is 1.58. The highest BCUT2D eigenvalue weighted by molar-refractivity contribution is 7.09. The second-order valence-corrected chi connectivity index (χ2v) is 7.36. The lowest BCUT2D eigenvalue weighted by Gasteiger charge is -2.24. The third-order valence-corrected chi connectivity index (χ3v) is 5.86. The normalized spacial score (nSPS) is 23.6. The fourth-order valence-corrected chi connectivity index (χ4v) is 4.35. The predicted molar refractivity (Wildman–Crippen MR) is 107 cm³/mol. The van der Waals surface area contributed by atoms with Gasteiger partial charge in [0, 0.05) is 56.6 Å². The van der Waals surface area contributed by atoms with Gasteiger partial charge in [-0.25, -0.2) is 4.98 Å². The zero-order valence-corrected chi connectivity index (χ0v) is 17.2. The predicted octanol–water partition coefficient (Wildman–Crippen LogP) is 2.50. The number of aryl methyl sites for hydroxylation is 1. The molecule has 1 aromatic heterocycles.